The van der Waals surface area contributed by atoms with E-state index >= 15 is 0 Å². The fourth-order valence-electron chi connectivity index (χ4n) is 3.60. The van der Waals surface area contributed by atoms with Crippen molar-refractivity contribution < 1.29 is 4.52 Å². The van der Waals surface area contributed by atoms with Gasteiger partial charge in [0.2, 0.25) is 5.82 Å². The maximum atomic E-state index is 13.1. The average molecular weight is 428 g/mol. The predicted molar refractivity (Wildman–Crippen MR) is 123 cm³/mol. The summed E-state index contributed by atoms with van der Waals surface area (Å²) in [7, 11) is 0. The molecule has 0 saturated carbocycles. The summed E-state index contributed by atoms with van der Waals surface area (Å²) in [4.78, 5) is 17.8. The molecule has 2 aromatic heterocycles. The molecule has 0 saturated heterocycles. The van der Waals surface area contributed by atoms with Gasteiger partial charge in [0.05, 0.1) is 5.56 Å². The molecule has 0 bridgehead atoms. The molecule has 31 heavy (non-hydrogen) atoms. The summed E-state index contributed by atoms with van der Waals surface area (Å²) >= 11 is 6.02. The molecule has 5 nitrogen and oxygen atoms in total. The highest BCUT2D eigenvalue weighted by Crippen LogP contribution is 2.28. The Labute approximate surface area is 183 Å². The Bertz CT molecular complexity index is 1430. The largest absolute Gasteiger partial charge is 0.334 e. The molecule has 0 aliphatic rings. The number of hydrogen-bond acceptors (Lipinski definition) is 4. The second kappa shape index (κ2) is 7.85. The van der Waals surface area contributed by atoms with Crippen molar-refractivity contribution in [2.75, 3.05) is 0 Å². The molecular weight excluding hydrogens is 410 g/mol. The van der Waals surface area contributed by atoms with E-state index in [0.717, 1.165) is 17.4 Å². The third-order valence-corrected chi connectivity index (χ3v) is 5.56. The number of nitrogens with zero attached hydrogens (tertiary/aromatic N) is 3. The van der Waals surface area contributed by atoms with Gasteiger partial charge < -0.3 is 4.52 Å². The van der Waals surface area contributed by atoms with Crippen LogP contribution < -0.4 is 5.56 Å². The minimum Gasteiger partial charge on any atom is -0.334 e. The lowest BCUT2D eigenvalue weighted by Gasteiger charge is -2.10. The van der Waals surface area contributed by atoms with E-state index in [4.69, 9.17) is 16.1 Å². The van der Waals surface area contributed by atoms with Crippen LogP contribution >= 0.6 is 11.6 Å². The number of rotatable bonds is 4. The number of aromatic nitrogens is 3. The molecule has 0 radical (unpaired) electrons. The van der Waals surface area contributed by atoms with Crippen LogP contribution in [0, 0.1) is 0 Å². The molecule has 2 heterocycles. The van der Waals surface area contributed by atoms with Gasteiger partial charge in [0, 0.05) is 33.2 Å². The van der Waals surface area contributed by atoms with Crippen LogP contribution in [0.5, 0.6) is 0 Å². The van der Waals surface area contributed by atoms with Gasteiger partial charge >= 0.3 is 0 Å². The molecule has 0 spiro atoms. The van der Waals surface area contributed by atoms with E-state index in [9.17, 15) is 4.79 Å². The zero-order valence-corrected chi connectivity index (χ0v) is 17.5. The molecular formula is C25H18ClN3O2. The van der Waals surface area contributed by atoms with E-state index in [2.05, 4.69) is 29.2 Å². The van der Waals surface area contributed by atoms with E-state index in [-0.39, 0.29) is 5.56 Å². The van der Waals surface area contributed by atoms with E-state index in [1.165, 1.54) is 5.56 Å². The van der Waals surface area contributed by atoms with Gasteiger partial charge in [-0.05, 0) is 42.3 Å². The third-order valence-electron chi connectivity index (χ3n) is 5.31. The summed E-state index contributed by atoms with van der Waals surface area (Å²) in [5, 5.41) is 6.11. The maximum absolute atomic E-state index is 13.1. The first-order valence-corrected chi connectivity index (χ1v) is 10.4. The zero-order chi connectivity index (χ0) is 21.4. The van der Waals surface area contributed by atoms with Crippen molar-refractivity contribution in [3.05, 3.63) is 99.9 Å². The Morgan fingerprint density at radius 3 is 2.35 bits per heavy atom. The van der Waals surface area contributed by atoms with Crippen LogP contribution in [0.4, 0.5) is 0 Å². The molecule has 0 fully saturated rings. The van der Waals surface area contributed by atoms with Crippen molar-refractivity contribution in [2.24, 2.45) is 0 Å². The molecule has 0 aliphatic heterocycles. The van der Waals surface area contributed by atoms with E-state index in [1.807, 2.05) is 30.3 Å². The summed E-state index contributed by atoms with van der Waals surface area (Å²) in [6.07, 6.45) is 2.71. The summed E-state index contributed by atoms with van der Waals surface area (Å²) in [5.74, 6) is 0.861. The van der Waals surface area contributed by atoms with E-state index in [0.29, 0.717) is 33.4 Å². The second-order valence-corrected chi connectivity index (χ2v) is 7.65. The highest BCUT2D eigenvalue weighted by molar-refractivity contribution is 6.30. The Balaban J connectivity index is 1.68. The normalized spacial score (nSPS) is 11.2. The molecule has 6 heteroatoms. The lowest BCUT2D eigenvalue weighted by Crippen LogP contribution is -2.18. The SMILES string of the molecule is CCc1ccc(-c2noc(-c3cn(-c4ccc(Cl)cc4)c(=O)c4ccccc34)n2)cc1. The minimum absolute atomic E-state index is 0.128. The smallest absolute Gasteiger partial charge is 0.262 e. The molecule has 0 N–H and O–H groups in total. The molecule has 0 unspecified atom stereocenters. The number of aryl methyl sites for hydroxylation is 1. The molecule has 0 atom stereocenters. The van der Waals surface area contributed by atoms with Gasteiger partial charge in [0.15, 0.2) is 0 Å². The third kappa shape index (κ3) is 3.53. The first-order chi connectivity index (χ1) is 15.1. The fraction of sp³-hybridized carbons (Fsp3) is 0.0800. The van der Waals surface area contributed by atoms with Crippen molar-refractivity contribution in [2.45, 2.75) is 13.3 Å². The van der Waals surface area contributed by atoms with Gasteiger partial charge in [-0.3, -0.25) is 9.36 Å². The lowest BCUT2D eigenvalue weighted by atomic mass is 10.1. The molecule has 5 aromatic rings. The summed E-state index contributed by atoms with van der Waals surface area (Å²) in [5.41, 5.74) is 3.39. The predicted octanol–water partition coefficient (Wildman–Crippen LogP) is 5.92. The van der Waals surface area contributed by atoms with Crippen molar-refractivity contribution in [3.63, 3.8) is 0 Å². The van der Waals surface area contributed by atoms with Crippen LogP contribution in [0.25, 0.3) is 39.3 Å². The Kier molecular flexibility index (Phi) is 4.88. The monoisotopic (exact) mass is 427 g/mol. The van der Waals surface area contributed by atoms with Gasteiger partial charge in [-0.25, -0.2) is 0 Å². The summed E-state index contributed by atoms with van der Waals surface area (Å²) in [6.45, 7) is 2.11. The molecule has 5 rings (SSSR count). The number of fused-ring (bicyclic) bond motifs is 1. The number of halogens is 1. The van der Waals surface area contributed by atoms with Gasteiger partial charge in [0.25, 0.3) is 11.4 Å². The zero-order valence-electron chi connectivity index (χ0n) is 16.7. The minimum atomic E-state index is -0.128. The Morgan fingerprint density at radius 1 is 0.935 bits per heavy atom. The summed E-state index contributed by atoms with van der Waals surface area (Å²) in [6, 6.07) is 22.6. The van der Waals surface area contributed by atoms with Crippen molar-refractivity contribution in [3.8, 4) is 28.5 Å². The Morgan fingerprint density at radius 2 is 1.65 bits per heavy atom. The number of hydrogen-bond donors (Lipinski definition) is 0. The van der Waals surface area contributed by atoms with Crippen LogP contribution in [-0.4, -0.2) is 14.7 Å². The van der Waals surface area contributed by atoms with E-state index in [1.54, 1.807) is 41.1 Å². The number of benzene rings is 3. The van der Waals surface area contributed by atoms with E-state index < -0.39 is 0 Å². The molecule has 152 valence electrons. The second-order valence-electron chi connectivity index (χ2n) is 7.21. The molecule has 0 aliphatic carbocycles. The lowest BCUT2D eigenvalue weighted by molar-refractivity contribution is 0.432. The van der Waals surface area contributed by atoms with Crippen LogP contribution in [0.3, 0.4) is 0 Å². The summed E-state index contributed by atoms with van der Waals surface area (Å²) < 4.78 is 7.20. The van der Waals surface area contributed by atoms with Crippen LogP contribution in [-0.2, 0) is 6.42 Å². The first kappa shape index (κ1) is 19.3. The van der Waals surface area contributed by atoms with Gasteiger partial charge in [0.1, 0.15) is 0 Å². The van der Waals surface area contributed by atoms with Gasteiger partial charge in [-0.1, -0.05) is 66.1 Å². The quantitative estimate of drug-likeness (QED) is 0.357. The first-order valence-electron chi connectivity index (χ1n) is 9.98. The van der Waals surface area contributed by atoms with Crippen molar-refractivity contribution in [1.29, 1.82) is 0 Å². The molecule has 0 amide bonds. The van der Waals surface area contributed by atoms with Crippen molar-refractivity contribution in [1.82, 2.24) is 14.7 Å². The van der Waals surface area contributed by atoms with Crippen LogP contribution in [0.15, 0.2) is 88.3 Å². The topological polar surface area (TPSA) is 60.9 Å². The van der Waals surface area contributed by atoms with Gasteiger partial charge in [-0.15, -0.1) is 0 Å². The van der Waals surface area contributed by atoms with Crippen molar-refractivity contribution >= 4 is 22.4 Å². The fourth-order valence-corrected chi connectivity index (χ4v) is 3.72. The van der Waals surface area contributed by atoms with Gasteiger partial charge in [-0.2, -0.15) is 4.98 Å². The van der Waals surface area contributed by atoms with Crippen LogP contribution in [0.2, 0.25) is 5.02 Å². The number of pyridine rings is 1. The average Bonchev–Trinajstić information content (AvgIpc) is 3.30. The van der Waals surface area contributed by atoms with Crippen LogP contribution in [0.1, 0.15) is 12.5 Å². The highest BCUT2D eigenvalue weighted by Gasteiger charge is 2.17. The standard InChI is InChI=1S/C25H18ClN3O2/c1-2-16-7-9-17(10-8-16)23-27-24(31-28-23)22-15-29(19-13-11-18(26)12-14-19)25(30)21-6-4-3-5-20(21)22/h3-15H,2H2,1H3. The molecule has 3 aromatic carbocycles. The maximum Gasteiger partial charge on any atom is 0.262 e. The highest BCUT2D eigenvalue weighted by atomic mass is 35.5. The Hall–Kier alpha value is -3.70.